The molecule has 1 aliphatic heterocycles. The van der Waals surface area contributed by atoms with Crippen molar-refractivity contribution in [1.82, 2.24) is 4.90 Å². The zero-order valence-corrected chi connectivity index (χ0v) is 12.9. The zero-order chi connectivity index (χ0) is 13.1. The monoisotopic (exact) mass is 310 g/mol. The van der Waals surface area contributed by atoms with Gasteiger partial charge in [0.25, 0.3) is 0 Å². The maximum Gasteiger partial charge on any atom is 0.0496 e. The summed E-state index contributed by atoms with van der Waals surface area (Å²) in [5.41, 5.74) is 7.56. The molecule has 100 valence electrons. The highest BCUT2D eigenvalue weighted by Gasteiger charge is 2.30. The third kappa shape index (κ3) is 3.14. The fourth-order valence-electron chi connectivity index (χ4n) is 2.99. The largest absolute Gasteiger partial charge is 0.326 e. The van der Waals surface area contributed by atoms with Gasteiger partial charge >= 0.3 is 0 Å². The molecular weight excluding hydrogens is 288 g/mol. The van der Waals surface area contributed by atoms with Gasteiger partial charge in [0.2, 0.25) is 0 Å². The second kappa shape index (κ2) is 6.18. The molecule has 0 aliphatic carbocycles. The highest BCUT2D eigenvalue weighted by atomic mass is 79.9. The van der Waals surface area contributed by atoms with Gasteiger partial charge in [0.1, 0.15) is 0 Å². The van der Waals surface area contributed by atoms with Crippen LogP contribution in [0.1, 0.15) is 38.3 Å². The van der Waals surface area contributed by atoms with Crippen LogP contribution in [0.5, 0.6) is 0 Å². The average molecular weight is 311 g/mol. The standard InChI is InChI=1S/C15H23BrN2/c1-3-12-7-8-18(10-12)15(11(2)17)13-5-4-6-14(16)9-13/h4-6,9,11-12,15H,3,7-8,10,17H2,1-2H3. The molecule has 0 saturated carbocycles. The molecule has 3 unspecified atom stereocenters. The summed E-state index contributed by atoms with van der Waals surface area (Å²) in [6.07, 6.45) is 2.59. The third-order valence-electron chi connectivity index (χ3n) is 3.98. The summed E-state index contributed by atoms with van der Waals surface area (Å²) in [5, 5.41) is 0. The van der Waals surface area contributed by atoms with E-state index in [4.69, 9.17) is 5.73 Å². The fraction of sp³-hybridized carbons (Fsp3) is 0.600. The van der Waals surface area contributed by atoms with Crippen LogP contribution in [0.15, 0.2) is 28.7 Å². The number of likely N-dealkylation sites (tertiary alicyclic amines) is 1. The normalized spacial score (nSPS) is 24.1. The van der Waals surface area contributed by atoms with Gasteiger partial charge in [0, 0.05) is 23.1 Å². The number of hydrogen-bond acceptors (Lipinski definition) is 2. The summed E-state index contributed by atoms with van der Waals surface area (Å²) in [4.78, 5) is 2.56. The lowest BCUT2D eigenvalue weighted by molar-refractivity contribution is 0.210. The van der Waals surface area contributed by atoms with Crippen molar-refractivity contribution in [2.24, 2.45) is 11.7 Å². The van der Waals surface area contributed by atoms with E-state index in [-0.39, 0.29) is 6.04 Å². The lowest BCUT2D eigenvalue weighted by atomic mass is 9.99. The van der Waals surface area contributed by atoms with Crippen molar-refractivity contribution in [2.45, 2.75) is 38.8 Å². The smallest absolute Gasteiger partial charge is 0.0496 e. The Kier molecular flexibility index (Phi) is 4.82. The van der Waals surface area contributed by atoms with Gasteiger partial charge in [-0.15, -0.1) is 0 Å². The van der Waals surface area contributed by atoms with E-state index in [1.807, 2.05) is 0 Å². The molecule has 3 heteroatoms. The van der Waals surface area contributed by atoms with E-state index in [9.17, 15) is 0 Å². The molecule has 0 bridgehead atoms. The molecule has 0 aromatic heterocycles. The highest BCUT2D eigenvalue weighted by molar-refractivity contribution is 9.10. The zero-order valence-electron chi connectivity index (χ0n) is 11.3. The molecule has 3 atom stereocenters. The molecular formula is C15H23BrN2. The number of benzene rings is 1. The number of rotatable bonds is 4. The van der Waals surface area contributed by atoms with Gasteiger partial charge < -0.3 is 5.73 Å². The molecule has 18 heavy (non-hydrogen) atoms. The van der Waals surface area contributed by atoms with Gasteiger partial charge in [-0.2, -0.15) is 0 Å². The number of nitrogens with zero attached hydrogens (tertiary/aromatic N) is 1. The summed E-state index contributed by atoms with van der Waals surface area (Å²) in [6, 6.07) is 9.07. The van der Waals surface area contributed by atoms with Crippen LogP contribution in [-0.2, 0) is 0 Å². The molecule has 1 fully saturated rings. The Bertz CT molecular complexity index is 392. The molecule has 2 nitrogen and oxygen atoms in total. The van der Waals surface area contributed by atoms with Gasteiger partial charge in [-0.25, -0.2) is 0 Å². The van der Waals surface area contributed by atoms with Crippen molar-refractivity contribution < 1.29 is 0 Å². The fourth-order valence-corrected chi connectivity index (χ4v) is 3.40. The lowest BCUT2D eigenvalue weighted by Crippen LogP contribution is -2.38. The van der Waals surface area contributed by atoms with Crippen LogP contribution in [-0.4, -0.2) is 24.0 Å². The minimum atomic E-state index is 0.162. The topological polar surface area (TPSA) is 29.3 Å². The average Bonchev–Trinajstić information content (AvgIpc) is 2.77. The van der Waals surface area contributed by atoms with Crippen molar-refractivity contribution in [2.75, 3.05) is 13.1 Å². The Morgan fingerprint density at radius 3 is 2.83 bits per heavy atom. The van der Waals surface area contributed by atoms with E-state index in [2.05, 4.69) is 58.9 Å². The molecule has 0 radical (unpaired) electrons. The third-order valence-corrected chi connectivity index (χ3v) is 4.47. The molecule has 1 aromatic carbocycles. The van der Waals surface area contributed by atoms with Gasteiger partial charge in [-0.3, -0.25) is 4.90 Å². The number of hydrogen-bond donors (Lipinski definition) is 1. The van der Waals surface area contributed by atoms with E-state index in [0.29, 0.717) is 6.04 Å². The van der Waals surface area contributed by atoms with Crippen molar-refractivity contribution in [3.05, 3.63) is 34.3 Å². The lowest BCUT2D eigenvalue weighted by Gasteiger charge is -2.31. The maximum atomic E-state index is 6.23. The molecule has 0 spiro atoms. The summed E-state index contributed by atoms with van der Waals surface area (Å²) < 4.78 is 1.14. The summed E-state index contributed by atoms with van der Waals surface area (Å²) in [7, 11) is 0. The molecule has 2 N–H and O–H groups in total. The van der Waals surface area contributed by atoms with Crippen molar-refractivity contribution in [3.8, 4) is 0 Å². The number of halogens is 1. The Balaban J connectivity index is 2.19. The maximum absolute atomic E-state index is 6.23. The first-order valence-electron chi connectivity index (χ1n) is 6.87. The summed E-state index contributed by atoms with van der Waals surface area (Å²) in [6.45, 7) is 6.77. The summed E-state index contributed by atoms with van der Waals surface area (Å²) in [5.74, 6) is 0.846. The Morgan fingerprint density at radius 1 is 1.50 bits per heavy atom. The van der Waals surface area contributed by atoms with Crippen molar-refractivity contribution in [1.29, 1.82) is 0 Å². The second-order valence-electron chi connectivity index (χ2n) is 5.42. The first kappa shape index (κ1) is 14.0. The van der Waals surface area contributed by atoms with Gasteiger partial charge in [0.15, 0.2) is 0 Å². The Morgan fingerprint density at radius 2 is 2.28 bits per heavy atom. The van der Waals surface area contributed by atoms with Gasteiger partial charge in [-0.1, -0.05) is 41.4 Å². The van der Waals surface area contributed by atoms with E-state index in [0.717, 1.165) is 10.4 Å². The van der Waals surface area contributed by atoms with Crippen LogP contribution in [0.2, 0.25) is 0 Å². The molecule has 1 aliphatic rings. The molecule has 1 heterocycles. The first-order chi connectivity index (χ1) is 8.61. The summed E-state index contributed by atoms with van der Waals surface area (Å²) >= 11 is 3.55. The molecule has 1 saturated heterocycles. The van der Waals surface area contributed by atoms with Crippen molar-refractivity contribution >= 4 is 15.9 Å². The molecule has 2 rings (SSSR count). The first-order valence-corrected chi connectivity index (χ1v) is 7.66. The van der Waals surface area contributed by atoms with Crippen molar-refractivity contribution in [3.63, 3.8) is 0 Å². The Labute approximate surface area is 119 Å². The Hall–Kier alpha value is -0.380. The minimum absolute atomic E-state index is 0.162. The van der Waals surface area contributed by atoms with Crippen LogP contribution in [0, 0.1) is 5.92 Å². The predicted octanol–water partition coefficient (Wildman–Crippen LogP) is 3.57. The van der Waals surface area contributed by atoms with E-state index in [1.165, 1.54) is 31.5 Å². The van der Waals surface area contributed by atoms with Crippen LogP contribution < -0.4 is 5.73 Å². The van der Waals surface area contributed by atoms with Gasteiger partial charge in [-0.05, 0) is 43.5 Å². The minimum Gasteiger partial charge on any atom is -0.326 e. The highest BCUT2D eigenvalue weighted by Crippen LogP contribution is 2.31. The van der Waals surface area contributed by atoms with E-state index in [1.54, 1.807) is 0 Å². The van der Waals surface area contributed by atoms with Crippen LogP contribution in [0.4, 0.5) is 0 Å². The molecule has 1 aromatic rings. The van der Waals surface area contributed by atoms with E-state index >= 15 is 0 Å². The van der Waals surface area contributed by atoms with Gasteiger partial charge in [0.05, 0.1) is 0 Å². The number of nitrogens with two attached hydrogens (primary N) is 1. The van der Waals surface area contributed by atoms with Crippen LogP contribution in [0.3, 0.4) is 0 Å². The quantitative estimate of drug-likeness (QED) is 0.921. The van der Waals surface area contributed by atoms with Crippen LogP contribution in [0.25, 0.3) is 0 Å². The van der Waals surface area contributed by atoms with Crippen LogP contribution >= 0.6 is 15.9 Å². The predicted molar refractivity (Wildman–Crippen MR) is 80.5 cm³/mol. The molecule has 0 amide bonds. The second-order valence-corrected chi connectivity index (χ2v) is 6.33. The van der Waals surface area contributed by atoms with E-state index < -0.39 is 0 Å². The SMILES string of the molecule is CCC1CCN(C(c2cccc(Br)c2)C(C)N)C1.